The normalized spacial score (nSPS) is 11.1. The van der Waals surface area contributed by atoms with E-state index in [4.69, 9.17) is 8.83 Å². The summed E-state index contributed by atoms with van der Waals surface area (Å²) in [6.07, 6.45) is 1.60. The van der Waals surface area contributed by atoms with Crippen LogP contribution in [-0.4, -0.2) is 0 Å². The Hall–Kier alpha value is -3.01. The summed E-state index contributed by atoms with van der Waals surface area (Å²) in [7, 11) is 0. The zero-order valence-corrected chi connectivity index (χ0v) is 11.9. The molecule has 0 radical (unpaired) electrons. The van der Waals surface area contributed by atoms with Gasteiger partial charge in [0.05, 0.1) is 17.3 Å². The van der Waals surface area contributed by atoms with Crippen molar-refractivity contribution in [2.24, 2.45) is 0 Å². The third-order valence-corrected chi connectivity index (χ3v) is 3.70. The van der Waals surface area contributed by atoms with Gasteiger partial charge >= 0.3 is 5.63 Å². The molecule has 0 aliphatic carbocycles. The van der Waals surface area contributed by atoms with Crippen LogP contribution in [0.2, 0.25) is 0 Å². The molecule has 0 atom stereocenters. The van der Waals surface area contributed by atoms with E-state index in [1.165, 1.54) is 6.07 Å². The topological polar surface area (TPSA) is 55.4 Å². The van der Waals surface area contributed by atoms with Crippen LogP contribution in [0.5, 0.6) is 0 Å². The van der Waals surface area contributed by atoms with Crippen LogP contribution in [0.3, 0.4) is 0 Å². The second-order valence-corrected chi connectivity index (χ2v) is 5.20. The molecule has 0 aliphatic heterocycles. The van der Waals surface area contributed by atoms with E-state index in [1.54, 1.807) is 6.26 Å². The van der Waals surface area contributed by atoms with E-state index in [9.17, 15) is 4.79 Å². The molecule has 4 nitrogen and oxygen atoms in total. The third kappa shape index (κ3) is 1.97. The lowest BCUT2D eigenvalue weighted by atomic mass is 10.1. The van der Waals surface area contributed by atoms with Crippen LogP contribution < -0.4 is 10.9 Å². The Bertz CT molecular complexity index is 1030. The smallest absolute Gasteiger partial charge is 0.336 e. The molecule has 2 aromatic heterocycles. The summed E-state index contributed by atoms with van der Waals surface area (Å²) in [4.78, 5) is 11.6. The van der Waals surface area contributed by atoms with Gasteiger partial charge in [-0.25, -0.2) is 4.79 Å². The molecule has 108 valence electrons. The lowest BCUT2D eigenvalue weighted by molar-refractivity contribution is 0.562. The maximum Gasteiger partial charge on any atom is 0.336 e. The Kier molecular flexibility index (Phi) is 2.76. The number of aryl methyl sites for hydroxylation is 1. The molecule has 2 heterocycles. The molecule has 0 aliphatic rings. The Labute approximate surface area is 126 Å². The van der Waals surface area contributed by atoms with Crippen molar-refractivity contribution in [2.45, 2.75) is 6.92 Å². The number of nitrogens with one attached hydrogen (secondary N) is 1. The van der Waals surface area contributed by atoms with E-state index in [0.717, 1.165) is 27.7 Å². The average molecular weight is 291 g/mol. The maximum absolute atomic E-state index is 11.6. The van der Waals surface area contributed by atoms with Crippen molar-refractivity contribution in [3.05, 3.63) is 70.8 Å². The molecule has 0 spiro atoms. The van der Waals surface area contributed by atoms with Gasteiger partial charge in [-0.05, 0) is 36.8 Å². The Morgan fingerprint density at radius 1 is 0.955 bits per heavy atom. The summed E-state index contributed by atoms with van der Waals surface area (Å²) < 4.78 is 11.0. The average Bonchev–Trinajstić information content (AvgIpc) is 2.99. The predicted molar refractivity (Wildman–Crippen MR) is 86.7 cm³/mol. The first-order valence-corrected chi connectivity index (χ1v) is 6.99. The summed E-state index contributed by atoms with van der Waals surface area (Å²) in [5.74, 6) is 0. The van der Waals surface area contributed by atoms with Gasteiger partial charge in [0, 0.05) is 17.1 Å². The van der Waals surface area contributed by atoms with Gasteiger partial charge in [-0.2, -0.15) is 0 Å². The van der Waals surface area contributed by atoms with Crippen molar-refractivity contribution in [3.8, 4) is 0 Å². The highest BCUT2D eigenvalue weighted by Gasteiger charge is 2.13. The van der Waals surface area contributed by atoms with Gasteiger partial charge in [0.15, 0.2) is 5.58 Å². The summed E-state index contributed by atoms with van der Waals surface area (Å²) in [5, 5.41) is 5.04. The summed E-state index contributed by atoms with van der Waals surface area (Å²) >= 11 is 0. The summed E-state index contributed by atoms with van der Waals surface area (Å²) in [6.45, 7) is 1.90. The zero-order chi connectivity index (χ0) is 15.1. The largest absolute Gasteiger partial charge is 0.462 e. The van der Waals surface area contributed by atoms with E-state index in [0.29, 0.717) is 11.2 Å². The van der Waals surface area contributed by atoms with Gasteiger partial charge in [-0.3, -0.25) is 0 Å². The molecular formula is C18H13NO3. The van der Waals surface area contributed by atoms with Crippen LogP contribution in [0.1, 0.15) is 5.56 Å². The van der Waals surface area contributed by atoms with Crippen LogP contribution >= 0.6 is 0 Å². The molecule has 0 unspecified atom stereocenters. The van der Waals surface area contributed by atoms with Gasteiger partial charge in [0.25, 0.3) is 0 Å². The number of para-hydroxylation sites is 1. The third-order valence-electron chi connectivity index (χ3n) is 3.70. The molecule has 0 amide bonds. The highest BCUT2D eigenvalue weighted by Crippen LogP contribution is 2.34. The minimum Gasteiger partial charge on any atom is -0.462 e. The number of anilines is 2. The quantitative estimate of drug-likeness (QED) is 0.549. The fraction of sp³-hybridized carbons (Fsp3) is 0.0556. The number of rotatable bonds is 2. The monoisotopic (exact) mass is 291 g/mol. The van der Waals surface area contributed by atoms with Crippen LogP contribution in [0, 0.1) is 6.92 Å². The van der Waals surface area contributed by atoms with Crippen LogP contribution in [-0.2, 0) is 0 Å². The molecule has 1 N–H and O–H groups in total. The SMILES string of the molecule is Cc1cc(=O)oc2c1cc(Nc1ccccc1)c1occc12. The number of hydrogen-bond acceptors (Lipinski definition) is 4. The van der Waals surface area contributed by atoms with E-state index in [1.807, 2.05) is 49.4 Å². The lowest BCUT2D eigenvalue weighted by Gasteiger charge is -2.09. The number of furan rings is 1. The fourth-order valence-corrected chi connectivity index (χ4v) is 2.67. The van der Waals surface area contributed by atoms with Crippen LogP contribution in [0.15, 0.2) is 68.4 Å². The number of hydrogen-bond donors (Lipinski definition) is 1. The zero-order valence-electron chi connectivity index (χ0n) is 11.9. The van der Waals surface area contributed by atoms with Gasteiger partial charge in [-0.15, -0.1) is 0 Å². The Morgan fingerprint density at radius 2 is 1.77 bits per heavy atom. The molecule has 4 rings (SSSR count). The van der Waals surface area contributed by atoms with Gasteiger partial charge < -0.3 is 14.2 Å². The molecule has 4 aromatic rings. The van der Waals surface area contributed by atoms with Crippen LogP contribution in [0.25, 0.3) is 21.9 Å². The molecule has 0 bridgehead atoms. The summed E-state index contributed by atoms with van der Waals surface area (Å²) in [5.41, 5.74) is 3.57. The molecule has 0 fully saturated rings. The maximum atomic E-state index is 11.6. The van der Waals surface area contributed by atoms with Crippen LogP contribution in [0.4, 0.5) is 11.4 Å². The van der Waals surface area contributed by atoms with Crippen molar-refractivity contribution in [3.63, 3.8) is 0 Å². The van der Waals surface area contributed by atoms with E-state index in [-0.39, 0.29) is 5.63 Å². The predicted octanol–water partition coefficient (Wildman–Crippen LogP) is 4.59. The first kappa shape index (κ1) is 12.7. The van der Waals surface area contributed by atoms with E-state index < -0.39 is 0 Å². The molecule has 22 heavy (non-hydrogen) atoms. The molecule has 4 heteroatoms. The van der Waals surface area contributed by atoms with E-state index >= 15 is 0 Å². The minimum absolute atomic E-state index is 0.351. The van der Waals surface area contributed by atoms with E-state index in [2.05, 4.69) is 5.32 Å². The van der Waals surface area contributed by atoms with Gasteiger partial charge in [0.2, 0.25) is 0 Å². The standard InChI is InChI=1S/C18H13NO3/c1-11-9-16(20)22-17-13-7-8-21-18(13)15(10-14(11)17)19-12-5-3-2-4-6-12/h2-10,19H,1H3. The number of fused-ring (bicyclic) bond motifs is 3. The summed E-state index contributed by atoms with van der Waals surface area (Å²) in [6, 6.07) is 15.1. The van der Waals surface area contributed by atoms with Gasteiger partial charge in [-0.1, -0.05) is 18.2 Å². The van der Waals surface area contributed by atoms with Crippen molar-refractivity contribution in [1.82, 2.24) is 0 Å². The molecular weight excluding hydrogens is 278 g/mol. The highest BCUT2D eigenvalue weighted by molar-refractivity contribution is 6.09. The highest BCUT2D eigenvalue weighted by atomic mass is 16.4. The Morgan fingerprint density at radius 3 is 2.59 bits per heavy atom. The van der Waals surface area contributed by atoms with Gasteiger partial charge in [0.1, 0.15) is 5.58 Å². The van der Waals surface area contributed by atoms with Crippen molar-refractivity contribution in [1.29, 1.82) is 0 Å². The molecule has 0 saturated carbocycles. The van der Waals surface area contributed by atoms with Crippen molar-refractivity contribution >= 4 is 33.3 Å². The minimum atomic E-state index is -0.351. The number of benzene rings is 2. The second-order valence-electron chi connectivity index (χ2n) is 5.20. The van der Waals surface area contributed by atoms with Crippen molar-refractivity contribution in [2.75, 3.05) is 5.32 Å². The lowest BCUT2D eigenvalue weighted by Crippen LogP contribution is -1.99. The molecule has 2 aromatic carbocycles. The first-order valence-electron chi connectivity index (χ1n) is 6.99. The fourth-order valence-electron chi connectivity index (χ4n) is 2.67. The first-order chi connectivity index (χ1) is 10.7. The Balaban J connectivity index is 2.01. The second kappa shape index (κ2) is 4.77. The molecule has 0 saturated heterocycles. The van der Waals surface area contributed by atoms with Crippen molar-refractivity contribution < 1.29 is 8.83 Å².